The molecule has 0 bridgehead atoms. The Hall–Kier alpha value is -1.46. The fraction of sp³-hybridized carbons (Fsp3) is 0.500. The van der Waals surface area contributed by atoms with Crippen LogP contribution in [0, 0.1) is 6.92 Å². The lowest BCUT2D eigenvalue weighted by atomic mass is 10.0. The Balaban J connectivity index is 1.40. The molecule has 3 heterocycles. The van der Waals surface area contributed by atoms with Gasteiger partial charge in [0.05, 0.1) is 10.7 Å². The van der Waals surface area contributed by atoms with Gasteiger partial charge in [-0.25, -0.2) is 9.97 Å². The zero-order chi connectivity index (χ0) is 14.5. The van der Waals surface area contributed by atoms with E-state index >= 15 is 0 Å². The van der Waals surface area contributed by atoms with Gasteiger partial charge in [-0.3, -0.25) is 0 Å². The molecule has 0 amide bonds. The van der Waals surface area contributed by atoms with E-state index in [1.165, 1.54) is 18.5 Å². The van der Waals surface area contributed by atoms with Gasteiger partial charge < -0.3 is 10.2 Å². The largest absolute Gasteiger partial charge is 0.357 e. The molecule has 0 unspecified atom stereocenters. The van der Waals surface area contributed by atoms with Gasteiger partial charge in [-0.2, -0.15) is 0 Å². The highest BCUT2D eigenvalue weighted by atomic mass is 32.1. The van der Waals surface area contributed by atoms with E-state index in [1.54, 1.807) is 11.3 Å². The number of anilines is 1. The van der Waals surface area contributed by atoms with E-state index in [1.807, 2.05) is 12.3 Å². The van der Waals surface area contributed by atoms with Crippen molar-refractivity contribution >= 4 is 17.2 Å². The molecule has 0 radical (unpaired) electrons. The smallest absolute Gasteiger partial charge is 0.128 e. The summed E-state index contributed by atoms with van der Waals surface area (Å²) in [5, 5.41) is 7.00. The number of pyridine rings is 1. The second-order valence-electron chi connectivity index (χ2n) is 5.51. The number of hydrogen-bond donors (Lipinski definition) is 1. The standard InChI is InChI=1S/C16H22N4S/c1-13-19-15(12-21-13)5-9-17-14-6-10-20(11-7-14)16-4-2-3-8-18-16/h2-4,8,12,14,17H,5-7,9-11H2,1H3. The molecule has 1 aliphatic rings. The average Bonchev–Trinajstić information content (AvgIpc) is 2.94. The van der Waals surface area contributed by atoms with E-state index in [9.17, 15) is 0 Å². The Morgan fingerprint density at radius 2 is 2.19 bits per heavy atom. The Morgan fingerprint density at radius 3 is 2.86 bits per heavy atom. The first-order chi connectivity index (χ1) is 10.3. The average molecular weight is 302 g/mol. The molecule has 0 spiro atoms. The minimum atomic E-state index is 0.629. The lowest BCUT2D eigenvalue weighted by Gasteiger charge is -2.33. The van der Waals surface area contributed by atoms with E-state index in [4.69, 9.17) is 0 Å². The maximum absolute atomic E-state index is 4.51. The third kappa shape index (κ3) is 4.02. The number of rotatable bonds is 5. The molecule has 0 aromatic carbocycles. The summed E-state index contributed by atoms with van der Waals surface area (Å²) in [6, 6.07) is 6.75. The van der Waals surface area contributed by atoms with Gasteiger partial charge in [0.25, 0.3) is 0 Å². The topological polar surface area (TPSA) is 41.1 Å². The van der Waals surface area contributed by atoms with Crippen molar-refractivity contribution in [3.63, 3.8) is 0 Å². The van der Waals surface area contributed by atoms with Gasteiger partial charge in [0, 0.05) is 43.7 Å². The summed E-state index contributed by atoms with van der Waals surface area (Å²) >= 11 is 1.74. The van der Waals surface area contributed by atoms with Crippen LogP contribution in [-0.4, -0.2) is 35.6 Å². The summed E-state index contributed by atoms with van der Waals surface area (Å²) in [5.41, 5.74) is 1.22. The van der Waals surface area contributed by atoms with Gasteiger partial charge >= 0.3 is 0 Å². The number of hydrogen-bond acceptors (Lipinski definition) is 5. The van der Waals surface area contributed by atoms with Crippen LogP contribution in [0.2, 0.25) is 0 Å². The molecule has 112 valence electrons. The molecular formula is C16H22N4S. The van der Waals surface area contributed by atoms with Gasteiger partial charge in [-0.15, -0.1) is 11.3 Å². The van der Waals surface area contributed by atoms with Gasteiger partial charge in [0.15, 0.2) is 0 Å². The van der Waals surface area contributed by atoms with Crippen LogP contribution in [0.25, 0.3) is 0 Å². The molecule has 21 heavy (non-hydrogen) atoms. The molecule has 1 fully saturated rings. The van der Waals surface area contributed by atoms with Crippen LogP contribution < -0.4 is 10.2 Å². The highest BCUT2D eigenvalue weighted by Gasteiger charge is 2.19. The van der Waals surface area contributed by atoms with E-state index in [0.29, 0.717) is 6.04 Å². The van der Waals surface area contributed by atoms with Crippen molar-refractivity contribution < 1.29 is 0 Å². The fourth-order valence-corrected chi connectivity index (χ4v) is 3.43. The van der Waals surface area contributed by atoms with Crippen LogP contribution in [0.5, 0.6) is 0 Å². The molecule has 0 aliphatic carbocycles. The number of thiazole rings is 1. The number of piperidine rings is 1. The maximum atomic E-state index is 4.51. The SMILES string of the molecule is Cc1nc(CCNC2CCN(c3ccccn3)CC2)cs1. The zero-order valence-corrected chi connectivity index (χ0v) is 13.3. The van der Waals surface area contributed by atoms with Crippen molar-refractivity contribution in [2.45, 2.75) is 32.2 Å². The summed E-state index contributed by atoms with van der Waals surface area (Å²) in [6.45, 7) is 5.27. The summed E-state index contributed by atoms with van der Waals surface area (Å²) in [7, 11) is 0. The molecule has 0 saturated carbocycles. The minimum Gasteiger partial charge on any atom is -0.357 e. The van der Waals surface area contributed by atoms with E-state index in [2.05, 4.69) is 44.6 Å². The van der Waals surface area contributed by atoms with Gasteiger partial charge in [-0.1, -0.05) is 6.07 Å². The third-order valence-corrected chi connectivity index (χ3v) is 4.77. The van der Waals surface area contributed by atoms with Crippen LogP contribution in [-0.2, 0) is 6.42 Å². The highest BCUT2D eigenvalue weighted by Crippen LogP contribution is 2.17. The monoisotopic (exact) mass is 302 g/mol. The molecule has 2 aromatic rings. The Kier molecular flexibility index (Phi) is 4.83. The number of aryl methyl sites for hydroxylation is 1. The normalized spacial score (nSPS) is 16.3. The first kappa shape index (κ1) is 14.5. The maximum Gasteiger partial charge on any atom is 0.128 e. The molecule has 1 saturated heterocycles. The Bertz CT molecular complexity index is 546. The molecule has 0 atom stereocenters. The summed E-state index contributed by atoms with van der Waals surface area (Å²) in [4.78, 5) is 11.3. The van der Waals surface area contributed by atoms with Crippen molar-refractivity contribution in [2.24, 2.45) is 0 Å². The molecule has 3 rings (SSSR count). The molecule has 1 aliphatic heterocycles. The van der Waals surface area contributed by atoms with Gasteiger partial charge in [-0.05, 0) is 31.9 Å². The van der Waals surface area contributed by atoms with Gasteiger partial charge in [0.2, 0.25) is 0 Å². The number of nitrogens with one attached hydrogen (secondary N) is 1. The van der Waals surface area contributed by atoms with Crippen LogP contribution in [0.1, 0.15) is 23.5 Å². The van der Waals surface area contributed by atoms with E-state index < -0.39 is 0 Å². The van der Waals surface area contributed by atoms with Crippen molar-refractivity contribution in [2.75, 3.05) is 24.5 Å². The summed E-state index contributed by atoms with van der Waals surface area (Å²) < 4.78 is 0. The van der Waals surface area contributed by atoms with Crippen LogP contribution in [0.4, 0.5) is 5.82 Å². The predicted molar refractivity (Wildman–Crippen MR) is 88.0 cm³/mol. The second kappa shape index (κ2) is 7.00. The second-order valence-corrected chi connectivity index (χ2v) is 6.57. The molecule has 4 nitrogen and oxygen atoms in total. The van der Waals surface area contributed by atoms with Gasteiger partial charge in [0.1, 0.15) is 5.82 Å². The number of aromatic nitrogens is 2. The Labute approximate surface area is 130 Å². The Morgan fingerprint density at radius 1 is 1.33 bits per heavy atom. The first-order valence-corrected chi connectivity index (χ1v) is 8.49. The third-order valence-electron chi connectivity index (χ3n) is 3.95. The molecule has 1 N–H and O–H groups in total. The molecule has 2 aromatic heterocycles. The number of nitrogens with zero attached hydrogens (tertiary/aromatic N) is 3. The quantitative estimate of drug-likeness (QED) is 0.922. The van der Waals surface area contributed by atoms with Crippen LogP contribution in [0.3, 0.4) is 0 Å². The minimum absolute atomic E-state index is 0.629. The first-order valence-electron chi connectivity index (χ1n) is 7.61. The fourth-order valence-electron chi connectivity index (χ4n) is 2.78. The zero-order valence-electron chi connectivity index (χ0n) is 12.5. The lowest BCUT2D eigenvalue weighted by molar-refractivity contribution is 0.416. The molecular weight excluding hydrogens is 280 g/mol. The van der Waals surface area contributed by atoms with Crippen molar-refractivity contribution in [3.8, 4) is 0 Å². The molecule has 5 heteroatoms. The van der Waals surface area contributed by atoms with E-state index in [-0.39, 0.29) is 0 Å². The highest BCUT2D eigenvalue weighted by molar-refractivity contribution is 7.09. The summed E-state index contributed by atoms with van der Waals surface area (Å²) in [5.74, 6) is 1.11. The predicted octanol–water partition coefficient (Wildman–Crippen LogP) is 2.65. The summed E-state index contributed by atoms with van der Waals surface area (Å²) in [6.07, 6.45) is 5.28. The van der Waals surface area contributed by atoms with Crippen LogP contribution in [0.15, 0.2) is 29.8 Å². The van der Waals surface area contributed by atoms with Crippen molar-refractivity contribution in [3.05, 3.63) is 40.5 Å². The van der Waals surface area contributed by atoms with Crippen LogP contribution >= 0.6 is 11.3 Å². The van der Waals surface area contributed by atoms with Crippen molar-refractivity contribution in [1.82, 2.24) is 15.3 Å². The lowest BCUT2D eigenvalue weighted by Crippen LogP contribution is -2.43. The van der Waals surface area contributed by atoms with Crippen molar-refractivity contribution in [1.29, 1.82) is 0 Å². The van der Waals surface area contributed by atoms with E-state index in [0.717, 1.165) is 36.9 Å².